The van der Waals surface area contributed by atoms with E-state index < -0.39 is 0 Å². The Morgan fingerprint density at radius 3 is 2.60 bits per heavy atom. The van der Waals surface area contributed by atoms with Crippen molar-refractivity contribution < 1.29 is 0 Å². The highest BCUT2D eigenvalue weighted by molar-refractivity contribution is 7.80. The third kappa shape index (κ3) is 6.28. The van der Waals surface area contributed by atoms with E-state index in [1.807, 2.05) is 11.3 Å². The van der Waals surface area contributed by atoms with Crippen LogP contribution in [0.2, 0.25) is 0 Å². The van der Waals surface area contributed by atoms with Gasteiger partial charge in [-0.15, -0.1) is 11.3 Å². The minimum atomic E-state index is 0.728. The summed E-state index contributed by atoms with van der Waals surface area (Å²) in [7, 11) is 0. The number of nitrogens with one attached hydrogen (secondary N) is 2. The van der Waals surface area contributed by atoms with Gasteiger partial charge in [-0.3, -0.25) is 4.90 Å². The minimum Gasteiger partial charge on any atom is -0.358 e. The number of thiocarbonyl (C=S) groups is 1. The van der Waals surface area contributed by atoms with Gasteiger partial charge in [0.15, 0.2) is 5.11 Å². The highest BCUT2D eigenvalue weighted by Gasteiger charge is 2.23. The second-order valence-electron chi connectivity index (χ2n) is 9.93. The van der Waals surface area contributed by atoms with E-state index in [0.29, 0.717) is 0 Å². The van der Waals surface area contributed by atoms with E-state index in [1.54, 1.807) is 21.6 Å². The Labute approximate surface area is 221 Å². The van der Waals surface area contributed by atoms with Crippen molar-refractivity contribution in [1.29, 1.82) is 0 Å². The van der Waals surface area contributed by atoms with Gasteiger partial charge in [-0.2, -0.15) is 0 Å². The Bertz CT molecular complexity index is 1070. The molecule has 3 heterocycles. The molecule has 2 aromatic rings. The maximum atomic E-state index is 5.81. The van der Waals surface area contributed by atoms with E-state index in [-0.39, 0.29) is 0 Å². The van der Waals surface area contributed by atoms with Crippen LogP contribution in [0.25, 0.3) is 5.70 Å². The third-order valence-corrected chi connectivity index (χ3v) is 9.24. The van der Waals surface area contributed by atoms with Crippen LogP contribution in [0.4, 0.5) is 5.00 Å². The number of allylic oxidation sites excluding steroid dienone is 1. The molecule has 1 aliphatic carbocycles. The Balaban J connectivity index is 1.56. The van der Waals surface area contributed by atoms with Gasteiger partial charge in [0.2, 0.25) is 0 Å². The third-order valence-electron chi connectivity index (χ3n) is 7.68. The Hall–Kier alpha value is -1.89. The number of aromatic nitrogens is 1. The second kappa shape index (κ2) is 12.4. The molecule has 0 saturated carbocycles. The summed E-state index contributed by atoms with van der Waals surface area (Å²) in [6.45, 7) is 13.2. The highest BCUT2D eigenvalue weighted by atomic mass is 32.1. The van der Waals surface area contributed by atoms with Crippen molar-refractivity contribution in [3.05, 3.63) is 57.2 Å². The predicted molar refractivity (Wildman–Crippen MR) is 157 cm³/mol. The first-order chi connectivity index (χ1) is 17.0. The van der Waals surface area contributed by atoms with E-state index in [1.165, 1.54) is 66.8 Å². The van der Waals surface area contributed by atoms with E-state index in [9.17, 15) is 0 Å². The Morgan fingerprint density at radius 2 is 1.89 bits per heavy atom. The van der Waals surface area contributed by atoms with Gasteiger partial charge >= 0.3 is 0 Å². The molecular formula is C29H42N4S2. The summed E-state index contributed by atoms with van der Waals surface area (Å²) in [5.74, 6) is 0. The number of anilines is 1. The largest absolute Gasteiger partial charge is 0.358 e. The van der Waals surface area contributed by atoms with Crippen LogP contribution in [-0.4, -0.2) is 40.8 Å². The van der Waals surface area contributed by atoms with Crippen molar-refractivity contribution in [3.63, 3.8) is 0 Å². The first-order valence-corrected chi connectivity index (χ1v) is 14.7. The monoisotopic (exact) mass is 510 g/mol. The lowest BCUT2D eigenvalue weighted by Crippen LogP contribution is -2.35. The molecule has 0 amide bonds. The average Bonchev–Trinajstić information content (AvgIpc) is 3.52. The molecule has 0 atom stereocenters. The molecule has 35 heavy (non-hydrogen) atoms. The molecule has 1 aliphatic heterocycles. The van der Waals surface area contributed by atoms with Gasteiger partial charge in [-0.25, -0.2) is 0 Å². The van der Waals surface area contributed by atoms with Crippen LogP contribution in [0.15, 0.2) is 41.2 Å². The number of hydrogen-bond donors (Lipinski definition) is 2. The molecular weight excluding hydrogens is 468 g/mol. The molecule has 0 saturated heterocycles. The zero-order valence-corrected chi connectivity index (χ0v) is 23.6. The summed E-state index contributed by atoms with van der Waals surface area (Å²) in [5, 5.41) is 9.09. The molecule has 0 bridgehead atoms. The second-order valence-corrected chi connectivity index (χ2v) is 11.4. The van der Waals surface area contributed by atoms with Crippen LogP contribution in [0.3, 0.4) is 0 Å². The van der Waals surface area contributed by atoms with Crippen molar-refractivity contribution in [2.75, 3.05) is 31.5 Å². The summed E-state index contributed by atoms with van der Waals surface area (Å²) in [6, 6.07) is 4.21. The number of thiophene rings is 1. The van der Waals surface area contributed by atoms with Gasteiger partial charge < -0.3 is 15.2 Å². The zero-order chi connectivity index (χ0) is 24.8. The molecule has 0 unspecified atom stereocenters. The first kappa shape index (κ1) is 26.2. The molecule has 2 aromatic heterocycles. The van der Waals surface area contributed by atoms with Crippen molar-refractivity contribution in [1.82, 2.24) is 14.8 Å². The summed E-state index contributed by atoms with van der Waals surface area (Å²) >= 11 is 7.71. The van der Waals surface area contributed by atoms with Crippen molar-refractivity contribution in [2.24, 2.45) is 0 Å². The lowest BCUT2D eigenvalue weighted by atomic mass is 9.89. The normalized spacial score (nSPS) is 17.3. The predicted octanol–water partition coefficient (Wildman–Crippen LogP) is 7.17. The van der Waals surface area contributed by atoms with Gasteiger partial charge in [0.05, 0.1) is 5.00 Å². The zero-order valence-electron chi connectivity index (χ0n) is 22.0. The molecule has 190 valence electrons. The number of rotatable bonds is 9. The molecule has 0 aromatic carbocycles. The number of likely N-dealkylation sites (N-methyl/N-ethyl adjacent to an activating group) is 1. The van der Waals surface area contributed by atoms with Crippen LogP contribution in [0.5, 0.6) is 0 Å². The van der Waals surface area contributed by atoms with Gasteiger partial charge in [0, 0.05) is 42.6 Å². The average molecular weight is 511 g/mol. The van der Waals surface area contributed by atoms with Crippen molar-refractivity contribution in [3.8, 4) is 0 Å². The van der Waals surface area contributed by atoms with E-state index in [4.69, 9.17) is 12.2 Å². The van der Waals surface area contributed by atoms with Crippen molar-refractivity contribution >= 4 is 39.4 Å². The SMILES string of the molecule is CCCCC1=C(/C(CNC(=S)Nc2sc3c(c2C)CCCC3)=C(\C)n2cccc2)CCN(CC)C1. The number of nitrogens with zero attached hydrogens (tertiary/aromatic N) is 2. The number of aryl methyl sites for hydroxylation is 1. The van der Waals surface area contributed by atoms with Gasteiger partial charge in [-0.1, -0.05) is 25.8 Å². The molecule has 0 spiro atoms. The fourth-order valence-electron chi connectivity index (χ4n) is 5.47. The van der Waals surface area contributed by atoms with Crippen LogP contribution >= 0.6 is 23.6 Å². The summed E-state index contributed by atoms with van der Waals surface area (Å²) in [5.41, 5.74) is 8.81. The molecule has 6 heteroatoms. The van der Waals surface area contributed by atoms with Gasteiger partial charge in [-0.05, 0) is 112 Å². The number of unbranched alkanes of at least 4 members (excludes halogenated alkanes) is 1. The standard InChI is InChI=1S/C29H42N4S2/c1-5-7-12-23-20-32(6-2)18-15-25(23)26(22(4)33-16-10-11-17-33)19-30-29(34)31-28-21(3)24-13-8-9-14-27(24)35-28/h10-11,16-17H,5-9,12-15,18-20H2,1-4H3,(H2,30,31,34)/b26-22+. The van der Waals surface area contributed by atoms with Crippen molar-refractivity contribution in [2.45, 2.75) is 79.1 Å². The van der Waals surface area contributed by atoms with Crippen LogP contribution in [0.1, 0.15) is 75.3 Å². The fraction of sp³-hybridized carbons (Fsp3) is 0.552. The maximum absolute atomic E-state index is 5.81. The quantitative estimate of drug-likeness (QED) is 0.350. The Morgan fingerprint density at radius 1 is 1.11 bits per heavy atom. The Kier molecular flexibility index (Phi) is 9.26. The highest BCUT2D eigenvalue weighted by Crippen LogP contribution is 2.37. The van der Waals surface area contributed by atoms with Crippen LogP contribution < -0.4 is 10.6 Å². The molecule has 4 nitrogen and oxygen atoms in total. The minimum absolute atomic E-state index is 0.728. The summed E-state index contributed by atoms with van der Waals surface area (Å²) < 4.78 is 2.25. The topological polar surface area (TPSA) is 32.2 Å². The summed E-state index contributed by atoms with van der Waals surface area (Å²) in [6.07, 6.45) is 14.1. The van der Waals surface area contributed by atoms with E-state index >= 15 is 0 Å². The maximum Gasteiger partial charge on any atom is 0.171 e. The van der Waals surface area contributed by atoms with Gasteiger partial charge in [0.25, 0.3) is 0 Å². The smallest absolute Gasteiger partial charge is 0.171 e. The molecule has 0 fully saturated rings. The number of hydrogen-bond acceptors (Lipinski definition) is 3. The lowest BCUT2D eigenvalue weighted by molar-refractivity contribution is 0.297. The summed E-state index contributed by atoms with van der Waals surface area (Å²) in [4.78, 5) is 4.13. The van der Waals surface area contributed by atoms with E-state index in [2.05, 4.69) is 72.3 Å². The molecule has 0 radical (unpaired) electrons. The lowest BCUT2D eigenvalue weighted by Gasteiger charge is -2.32. The van der Waals surface area contributed by atoms with Gasteiger partial charge in [0.1, 0.15) is 0 Å². The molecule has 2 N–H and O–H groups in total. The van der Waals surface area contributed by atoms with Crippen LogP contribution in [0, 0.1) is 6.92 Å². The fourth-order valence-corrected chi connectivity index (χ4v) is 7.01. The van der Waals surface area contributed by atoms with E-state index in [0.717, 1.165) is 37.7 Å². The first-order valence-electron chi connectivity index (χ1n) is 13.4. The number of fused-ring (bicyclic) bond motifs is 1. The van der Waals surface area contributed by atoms with Crippen LogP contribution in [-0.2, 0) is 12.8 Å². The molecule has 4 rings (SSSR count). The molecule has 2 aliphatic rings.